The molecule has 0 aromatic heterocycles. The first kappa shape index (κ1) is 14.1. The van der Waals surface area contributed by atoms with Crippen LogP contribution in [0.15, 0.2) is 12.1 Å². The first-order valence-electron chi connectivity index (χ1n) is 6.67. The third kappa shape index (κ3) is 3.39. The smallest absolute Gasteiger partial charge is 0.127 e. The molecule has 1 fully saturated rings. The standard InChI is InChI=1S/C15H19Cl2F/c1-10-7-12(14(17)9-15(10)18)13(16)8-11-5-3-2-4-6-11/h7,9,11,13H,2-6,8H2,1H3. The Kier molecular flexibility index (Phi) is 4.91. The van der Waals surface area contributed by atoms with Gasteiger partial charge >= 0.3 is 0 Å². The highest BCUT2D eigenvalue weighted by Gasteiger charge is 2.21. The highest BCUT2D eigenvalue weighted by molar-refractivity contribution is 6.32. The van der Waals surface area contributed by atoms with E-state index >= 15 is 0 Å². The summed E-state index contributed by atoms with van der Waals surface area (Å²) in [5.41, 5.74) is 1.49. The molecular formula is C15H19Cl2F. The van der Waals surface area contributed by atoms with Crippen LogP contribution in [0.25, 0.3) is 0 Å². The average molecular weight is 289 g/mol. The van der Waals surface area contributed by atoms with Gasteiger partial charge in [-0.15, -0.1) is 11.6 Å². The number of aryl methyl sites for hydroxylation is 1. The quantitative estimate of drug-likeness (QED) is 0.595. The number of hydrogen-bond donors (Lipinski definition) is 0. The topological polar surface area (TPSA) is 0 Å². The van der Waals surface area contributed by atoms with Crippen LogP contribution in [0, 0.1) is 18.7 Å². The van der Waals surface area contributed by atoms with Gasteiger partial charge in [-0.2, -0.15) is 0 Å². The molecule has 1 aromatic rings. The monoisotopic (exact) mass is 288 g/mol. The summed E-state index contributed by atoms with van der Waals surface area (Å²) in [5.74, 6) is 0.438. The molecule has 1 unspecified atom stereocenters. The summed E-state index contributed by atoms with van der Waals surface area (Å²) in [7, 11) is 0. The fourth-order valence-electron chi connectivity index (χ4n) is 2.76. The molecule has 1 aliphatic carbocycles. The SMILES string of the molecule is Cc1cc(C(Cl)CC2CCCCC2)c(Cl)cc1F. The zero-order chi connectivity index (χ0) is 13.1. The maximum Gasteiger partial charge on any atom is 0.127 e. The molecular weight excluding hydrogens is 270 g/mol. The van der Waals surface area contributed by atoms with E-state index in [1.807, 2.05) is 0 Å². The Labute approximate surface area is 118 Å². The van der Waals surface area contributed by atoms with E-state index in [2.05, 4.69) is 0 Å². The maximum atomic E-state index is 13.4. The number of benzene rings is 1. The van der Waals surface area contributed by atoms with Crippen molar-refractivity contribution in [1.29, 1.82) is 0 Å². The van der Waals surface area contributed by atoms with Crippen molar-refractivity contribution >= 4 is 23.2 Å². The molecule has 1 aliphatic rings. The van der Waals surface area contributed by atoms with Gasteiger partial charge in [0.25, 0.3) is 0 Å². The summed E-state index contributed by atoms with van der Waals surface area (Å²) < 4.78 is 13.4. The van der Waals surface area contributed by atoms with E-state index in [1.165, 1.54) is 38.2 Å². The van der Waals surface area contributed by atoms with Crippen molar-refractivity contribution in [2.24, 2.45) is 5.92 Å². The minimum Gasteiger partial charge on any atom is -0.207 e. The average Bonchev–Trinajstić information content (AvgIpc) is 2.35. The molecule has 1 aromatic carbocycles. The zero-order valence-corrected chi connectivity index (χ0v) is 12.2. The molecule has 3 heteroatoms. The first-order chi connectivity index (χ1) is 8.58. The molecule has 2 rings (SSSR count). The first-order valence-corrected chi connectivity index (χ1v) is 7.49. The highest BCUT2D eigenvalue weighted by Crippen LogP contribution is 2.38. The van der Waals surface area contributed by atoms with Crippen LogP contribution in [0.2, 0.25) is 5.02 Å². The Morgan fingerprint density at radius 1 is 1.28 bits per heavy atom. The Morgan fingerprint density at radius 2 is 1.94 bits per heavy atom. The van der Waals surface area contributed by atoms with E-state index in [4.69, 9.17) is 23.2 Å². The van der Waals surface area contributed by atoms with Gasteiger partial charge in [0.15, 0.2) is 0 Å². The molecule has 0 amide bonds. The van der Waals surface area contributed by atoms with Crippen LogP contribution in [0.3, 0.4) is 0 Å². The van der Waals surface area contributed by atoms with E-state index in [0.29, 0.717) is 16.5 Å². The molecule has 0 radical (unpaired) electrons. The lowest BCUT2D eigenvalue weighted by atomic mass is 9.85. The second-order valence-corrected chi connectivity index (χ2v) is 6.26. The van der Waals surface area contributed by atoms with E-state index in [-0.39, 0.29) is 11.2 Å². The largest absolute Gasteiger partial charge is 0.207 e. The highest BCUT2D eigenvalue weighted by atomic mass is 35.5. The predicted octanol–water partition coefficient (Wildman–Crippen LogP) is 6.04. The molecule has 0 bridgehead atoms. The maximum absolute atomic E-state index is 13.4. The summed E-state index contributed by atoms with van der Waals surface area (Å²) in [6.07, 6.45) is 7.45. The second-order valence-electron chi connectivity index (χ2n) is 5.33. The van der Waals surface area contributed by atoms with E-state index < -0.39 is 0 Å². The molecule has 1 saturated carbocycles. The normalized spacial score (nSPS) is 18.9. The van der Waals surface area contributed by atoms with Gasteiger partial charge in [-0.3, -0.25) is 0 Å². The molecule has 0 saturated heterocycles. The van der Waals surface area contributed by atoms with Gasteiger partial charge < -0.3 is 0 Å². The third-order valence-corrected chi connectivity index (χ3v) is 4.62. The lowest BCUT2D eigenvalue weighted by molar-refractivity contribution is 0.336. The summed E-state index contributed by atoms with van der Waals surface area (Å²) in [4.78, 5) is 0. The Morgan fingerprint density at radius 3 is 2.61 bits per heavy atom. The molecule has 0 nitrogen and oxygen atoms in total. The fraction of sp³-hybridized carbons (Fsp3) is 0.600. The predicted molar refractivity (Wildman–Crippen MR) is 75.9 cm³/mol. The summed E-state index contributed by atoms with van der Waals surface area (Å²) in [6, 6.07) is 3.17. The van der Waals surface area contributed by atoms with Gasteiger partial charge in [-0.25, -0.2) is 4.39 Å². The summed E-state index contributed by atoms with van der Waals surface area (Å²) >= 11 is 12.6. The van der Waals surface area contributed by atoms with Crippen molar-refractivity contribution in [1.82, 2.24) is 0 Å². The van der Waals surface area contributed by atoms with Crippen LogP contribution >= 0.6 is 23.2 Å². The molecule has 1 atom stereocenters. The van der Waals surface area contributed by atoms with Crippen molar-refractivity contribution < 1.29 is 4.39 Å². The van der Waals surface area contributed by atoms with Crippen LogP contribution in [0.4, 0.5) is 4.39 Å². The van der Waals surface area contributed by atoms with Crippen LogP contribution < -0.4 is 0 Å². The lowest BCUT2D eigenvalue weighted by Crippen LogP contribution is -2.09. The van der Waals surface area contributed by atoms with Crippen LogP contribution in [-0.4, -0.2) is 0 Å². The van der Waals surface area contributed by atoms with Crippen molar-refractivity contribution in [2.75, 3.05) is 0 Å². The van der Waals surface area contributed by atoms with Crippen molar-refractivity contribution in [3.63, 3.8) is 0 Å². The number of hydrogen-bond acceptors (Lipinski definition) is 0. The molecule has 18 heavy (non-hydrogen) atoms. The minimum absolute atomic E-state index is 0.0973. The lowest BCUT2D eigenvalue weighted by Gasteiger charge is -2.24. The second kappa shape index (κ2) is 6.25. The Bertz CT molecular complexity index is 411. The molecule has 0 N–H and O–H groups in total. The Balaban J connectivity index is 2.08. The van der Waals surface area contributed by atoms with Crippen molar-refractivity contribution in [3.05, 3.63) is 34.1 Å². The third-order valence-electron chi connectivity index (χ3n) is 3.88. The van der Waals surface area contributed by atoms with Crippen LogP contribution in [0.1, 0.15) is 55.0 Å². The number of rotatable bonds is 3. The van der Waals surface area contributed by atoms with Gasteiger partial charge in [-0.1, -0.05) is 49.8 Å². The zero-order valence-electron chi connectivity index (χ0n) is 10.7. The minimum atomic E-state index is -0.259. The van der Waals surface area contributed by atoms with E-state index in [1.54, 1.807) is 13.0 Å². The molecule has 100 valence electrons. The number of alkyl halides is 1. The molecule has 0 spiro atoms. The van der Waals surface area contributed by atoms with Crippen molar-refractivity contribution in [3.8, 4) is 0 Å². The summed E-state index contributed by atoms with van der Waals surface area (Å²) in [5, 5.41) is 0.355. The van der Waals surface area contributed by atoms with E-state index in [0.717, 1.165) is 12.0 Å². The van der Waals surface area contributed by atoms with Gasteiger partial charge in [0.2, 0.25) is 0 Å². The van der Waals surface area contributed by atoms with Gasteiger partial charge in [0.05, 0.1) is 5.38 Å². The van der Waals surface area contributed by atoms with Gasteiger partial charge in [0, 0.05) is 5.02 Å². The van der Waals surface area contributed by atoms with Crippen molar-refractivity contribution in [2.45, 2.75) is 50.8 Å². The van der Waals surface area contributed by atoms with Gasteiger partial charge in [0.1, 0.15) is 5.82 Å². The van der Waals surface area contributed by atoms with E-state index in [9.17, 15) is 4.39 Å². The number of halogens is 3. The Hall–Kier alpha value is -0.270. The molecule has 0 aliphatic heterocycles. The fourth-order valence-corrected chi connectivity index (χ4v) is 3.53. The summed E-state index contributed by atoms with van der Waals surface area (Å²) in [6.45, 7) is 1.75. The van der Waals surface area contributed by atoms with Gasteiger partial charge in [-0.05, 0) is 36.5 Å². The van der Waals surface area contributed by atoms with Crippen LogP contribution in [0.5, 0.6) is 0 Å². The van der Waals surface area contributed by atoms with Crippen LogP contribution in [-0.2, 0) is 0 Å². The molecule has 0 heterocycles.